The first kappa shape index (κ1) is 14.9. The van der Waals surface area contributed by atoms with Gasteiger partial charge in [-0.25, -0.2) is 0 Å². The Kier molecular flexibility index (Phi) is 4.35. The molecule has 7 nitrogen and oxygen atoms in total. The molecule has 22 heavy (non-hydrogen) atoms. The normalized spacial score (nSPS) is 22.7. The number of ether oxygens (including phenoxy) is 2. The van der Waals surface area contributed by atoms with Crippen molar-refractivity contribution in [3.63, 3.8) is 0 Å². The topological polar surface area (TPSA) is 81.9 Å². The SMILES string of the molecule is O=C(c1ccccc1[N+](=O)[O-])N1CCCC(C2OCCO2)C1. The van der Waals surface area contributed by atoms with Crippen LogP contribution in [0.4, 0.5) is 5.69 Å². The van der Waals surface area contributed by atoms with Crippen molar-refractivity contribution in [1.82, 2.24) is 4.90 Å². The van der Waals surface area contributed by atoms with Crippen molar-refractivity contribution in [3.05, 3.63) is 39.9 Å². The molecule has 118 valence electrons. The number of amides is 1. The lowest BCUT2D eigenvalue weighted by atomic mass is 9.96. The van der Waals surface area contributed by atoms with E-state index in [-0.39, 0.29) is 29.4 Å². The second-order valence-electron chi connectivity index (χ2n) is 5.54. The fourth-order valence-electron chi connectivity index (χ4n) is 3.05. The summed E-state index contributed by atoms with van der Waals surface area (Å²) in [7, 11) is 0. The quantitative estimate of drug-likeness (QED) is 0.628. The number of benzene rings is 1. The van der Waals surface area contributed by atoms with Crippen LogP contribution in [-0.4, -0.2) is 48.3 Å². The zero-order valence-electron chi connectivity index (χ0n) is 12.1. The molecule has 3 rings (SSSR count). The van der Waals surface area contributed by atoms with Crippen molar-refractivity contribution < 1.29 is 19.2 Å². The maximum absolute atomic E-state index is 12.6. The number of para-hydroxylation sites is 1. The molecule has 1 aromatic rings. The number of carbonyl (C=O) groups excluding carboxylic acids is 1. The van der Waals surface area contributed by atoms with E-state index in [4.69, 9.17) is 9.47 Å². The van der Waals surface area contributed by atoms with Gasteiger partial charge >= 0.3 is 0 Å². The molecule has 1 atom stereocenters. The van der Waals surface area contributed by atoms with Crippen molar-refractivity contribution in [1.29, 1.82) is 0 Å². The summed E-state index contributed by atoms with van der Waals surface area (Å²) in [5.41, 5.74) is -0.00982. The second-order valence-corrected chi connectivity index (χ2v) is 5.54. The van der Waals surface area contributed by atoms with Crippen LogP contribution in [0.1, 0.15) is 23.2 Å². The lowest BCUT2D eigenvalue weighted by Crippen LogP contribution is -2.44. The summed E-state index contributed by atoms with van der Waals surface area (Å²) in [5, 5.41) is 11.1. The highest BCUT2D eigenvalue weighted by Crippen LogP contribution is 2.27. The van der Waals surface area contributed by atoms with Gasteiger partial charge in [0.2, 0.25) is 0 Å². The Morgan fingerprint density at radius 2 is 2.00 bits per heavy atom. The number of rotatable bonds is 3. The van der Waals surface area contributed by atoms with Crippen LogP contribution in [0.15, 0.2) is 24.3 Å². The molecule has 0 bridgehead atoms. The predicted molar refractivity (Wildman–Crippen MR) is 77.4 cm³/mol. The highest BCUT2D eigenvalue weighted by atomic mass is 16.7. The number of nitro groups is 1. The molecule has 1 aromatic carbocycles. The number of piperidine rings is 1. The van der Waals surface area contributed by atoms with Crippen molar-refractivity contribution in [2.24, 2.45) is 5.92 Å². The van der Waals surface area contributed by atoms with E-state index in [1.807, 2.05) is 0 Å². The molecule has 0 saturated carbocycles. The van der Waals surface area contributed by atoms with Crippen molar-refractivity contribution in [2.45, 2.75) is 19.1 Å². The summed E-state index contributed by atoms with van der Waals surface area (Å²) in [6.07, 6.45) is 1.52. The molecule has 0 spiro atoms. The molecule has 1 amide bonds. The molecule has 0 aromatic heterocycles. The Hall–Kier alpha value is -1.99. The largest absolute Gasteiger partial charge is 0.350 e. The van der Waals surface area contributed by atoms with Crippen LogP contribution in [0.25, 0.3) is 0 Å². The van der Waals surface area contributed by atoms with E-state index >= 15 is 0 Å². The Morgan fingerprint density at radius 1 is 1.27 bits per heavy atom. The highest BCUT2D eigenvalue weighted by molar-refractivity contribution is 5.98. The number of likely N-dealkylation sites (tertiary alicyclic amines) is 1. The number of carbonyl (C=O) groups is 1. The van der Waals surface area contributed by atoms with Gasteiger partial charge in [-0.3, -0.25) is 14.9 Å². The van der Waals surface area contributed by atoms with E-state index in [0.29, 0.717) is 26.3 Å². The third kappa shape index (κ3) is 2.95. The molecular formula is C15H18N2O5. The zero-order valence-corrected chi connectivity index (χ0v) is 12.1. The summed E-state index contributed by atoms with van der Waals surface area (Å²) in [6.45, 7) is 2.28. The molecular weight excluding hydrogens is 288 g/mol. The molecule has 2 heterocycles. The van der Waals surface area contributed by atoms with Crippen LogP contribution >= 0.6 is 0 Å². The summed E-state index contributed by atoms with van der Waals surface area (Å²) in [6, 6.07) is 6.07. The van der Waals surface area contributed by atoms with Gasteiger partial charge in [0.1, 0.15) is 5.56 Å². The Labute approximate surface area is 128 Å². The molecule has 0 N–H and O–H groups in total. The number of hydrogen-bond donors (Lipinski definition) is 0. The van der Waals surface area contributed by atoms with E-state index in [9.17, 15) is 14.9 Å². The van der Waals surface area contributed by atoms with Gasteiger partial charge in [-0.1, -0.05) is 12.1 Å². The monoisotopic (exact) mass is 306 g/mol. The van der Waals surface area contributed by atoms with Crippen LogP contribution in [-0.2, 0) is 9.47 Å². The van der Waals surface area contributed by atoms with Crippen LogP contribution in [0, 0.1) is 16.0 Å². The van der Waals surface area contributed by atoms with Crippen molar-refractivity contribution >= 4 is 11.6 Å². The van der Waals surface area contributed by atoms with Gasteiger partial charge in [-0.05, 0) is 18.9 Å². The number of nitro benzene ring substituents is 1. The molecule has 2 saturated heterocycles. The van der Waals surface area contributed by atoms with Crippen molar-refractivity contribution in [3.8, 4) is 0 Å². The van der Waals surface area contributed by atoms with E-state index in [0.717, 1.165) is 12.8 Å². The first-order valence-corrected chi connectivity index (χ1v) is 7.42. The summed E-state index contributed by atoms with van der Waals surface area (Å²) in [4.78, 5) is 24.9. The van der Waals surface area contributed by atoms with Crippen LogP contribution < -0.4 is 0 Å². The smallest absolute Gasteiger partial charge is 0.282 e. The maximum atomic E-state index is 12.6. The van der Waals surface area contributed by atoms with Crippen LogP contribution in [0.3, 0.4) is 0 Å². The summed E-state index contributed by atoms with van der Waals surface area (Å²) < 4.78 is 11.0. The van der Waals surface area contributed by atoms with E-state index < -0.39 is 4.92 Å². The van der Waals surface area contributed by atoms with Gasteiger partial charge in [0.25, 0.3) is 11.6 Å². The molecule has 0 radical (unpaired) electrons. The van der Waals surface area contributed by atoms with E-state index in [2.05, 4.69) is 0 Å². The fourth-order valence-corrected chi connectivity index (χ4v) is 3.05. The van der Waals surface area contributed by atoms with Gasteiger partial charge in [0.15, 0.2) is 6.29 Å². The third-order valence-corrected chi connectivity index (χ3v) is 4.11. The Bertz CT molecular complexity index is 571. The minimum Gasteiger partial charge on any atom is -0.350 e. The van der Waals surface area contributed by atoms with Gasteiger partial charge in [0.05, 0.1) is 18.1 Å². The fraction of sp³-hybridized carbons (Fsp3) is 0.533. The van der Waals surface area contributed by atoms with Gasteiger partial charge in [0, 0.05) is 25.1 Å². The third-order valence-electron chi connectivity index (χ3n) is 4.11. The first-order chi connectivity index (χ1) is 10.7. The molecule has 2 fully saturated rings. The number of hydrogen-bond acceptors (Lipinski definition) is 5. The molecule has 1 unspecified atom stereocenters. The summed E-state index contributed by atoms with van der Waals surface area (Å²) in [5.74, 6) is -0.169. The Balaban J connectivity index is 1.75. The maximum Gasteiger partial charge on any atom is 0.282 e. The molecule has 2 aliphatic rings. The average Bonchev–Trinajstić information content (AvgIpc) is 3.09. The molecule has 7 heteroatoms. The lowest BCUT2D eigenvalue weighted by molar-refractivity contribution is -0.385. The van der Waals surface area contributed by atoms with Crippen LogP contribution in [0.5, 0.6) is 0 Å². The molecule has 2 aliphatic heterocycles. The minimum atomic E-state index is -0.516. The second kappa shape index (κ2) is 6.41. The number of nitrogens with zero attached hydrogens (tertiary/aromatic N) is 2. The standard InChI is InChI=1S/C15H18N2O5/c18-14(12-5-1-2-6-13(12)17(19)20)16-7-3-4-11(10-16)15-21-8-9-22-15/h1-2,5-6,11,15H,3-4,7-10H2. The summed E-state index contributed by atoms with van der Waals surface area (Å²) >= 11 is 0. The lowest BCUT2D eigenvalue weighted by Gasteiger charge is -2.34. The van der Waals surface area contributed by atoms with E-state index in [1.165, 1.54) is 12.1 Å². The van der Waals surface area contributed by atoms with Gasteiger partial charge in [-0.15, -0.1) is 0 Å². The highest BCUT2D eigenvalue weighted by Gasteiger charge is 2.34. The first-order valence-electron chi connectivity index (χ1n) is 7.42. The van der Waals surface area contributed by atoms with Crippen LogP contribution in [0.2, 0.25) is 0 Å². The van der Waals surface area contributed by atoms with Gasteiger partial charge in [-0.2, -0.15) is 0 Å². The predicted octanol–water partition coefficient (Wildman–Crippen LogP) is 1.82. The van der Waals surface area contributed by atoms with E-state index in [1.54, 1.807) is 17.0 Å². The van der Waals surface area contributed by atoms with Crippen molar-refractivity contribution in [2.75, 3.05) is 26.3 Å². The average molecular weight is 306 g/mol. The minimum absolute atomic E-state index is 0.128. The Morgan fingerprint density at radius 3 is 2.73 bits per heavy atom. The van der Waals surface area contributed by atoms with Gasteiger partial charge < -0.3 is 14.4 Å². The molecule has 0 aliphatic carbocycles. The zero-order chi connectivity index (χ0) is 15.5.